The highest BCUT2D eigenvalue weighted by Gasteiger charge is 2.33. The van der Waals surface area contributed by atoms with Crippen molar-refractivity contribution >= 4 is 27.7 Å². The molecule has 1 aliphatic rings. The maximum atomic E-state index is 13.6. The van der Waals surface area contributed by atoms with Gasteiger partial charge >= 0.3 is 0 Å². The molecule has 2 atom stereocenters. The van der Waals surface area contributed by atoms with E-state index in [0.29, 0.717) is 23.7 Å². The molecule has 1 aliphatic heterocycles. The summed E-state index contributed by atoms with van der Waals surface area (Å²) in [6.45, 7) is 13.8. The Kier molecular flexibility index (Phi) is 8.33. The largest absolute Gasteiger partial charge is 0.496 e. The highest BCUT2D eigenvalue weighted by molar-refractivity contribution is 7.84. The number of nitrogens with zero attached hydrogens (tertiary/aromatic N) is 2. The van der Waals surface area contributed by atoms with Crippen molar-refractivity contribution in [2.75, 3.05) is 20.2 Å². The standard InChI is InChI=1S/C30H41N3O4S/c1-19-18-27(37-7)24(29(35)31-19)12-13-26(34)28-21(3)33(25-11-9-8-10-23(25)28)20(2)22-14-16-32(17-15-22)38(36)30(4,5)6/h8-11,18,20,22H,12-17H2,1-7H3,(H,31,35)/t20-,38?/m1/s1. The van der Waals surface area contributed by atoms with Crippen molar-refractivity contribution < 1.29 is 13.7 Å². The Morgan fingerprint density at radius 1 is 1.18 bits per heavy atom. The maximum Gasteiger partial charge on any atom is 0.255 e. The van der Waals surface area contributed by atoms with E-state index in [4.69, 9.17) is 4.74 Å². The van der Waals surface area contributed by atoms with Gasteiger partial charge in [0.05, 0.1) is 28.4 Å². The first kappa shape index (κ1) is 28.3. The molecule has 0 spiro atoms. The van der Waals surface area contributed by atoms with Crippen LogP contribution in [-0.4, -0.2) is 48.8 Å². The van der Waals surface area contributed by atoms with Crippen LogP contribution >= 0.6 is 0 Å². The molecular weight excluding hydrogens is 498 g/mol. The number of H-pyrrole nitrogens is 1. The van der Waals surface area contributed by atoms with Crippen molar-refractivity contribution in [1.82, 2.24) is 13.9 Å². The predicted molar refractivity (Wildman–Crippen MR) is 155 cm³/mol. The lowest BCUT2D eigenvalue weighted by atomic mass is 9.91. The van der Waals surface area contributed by atoms with Crippen LogP contribution in [-0.2, 0) is 17.4 Å². The zero-order chi connectivity index (χ0) is 27.8. The second-order valence-corrected chi connectivity index (χ2v) is 13.7. The van der Waals surface area contributed by atoms with Gasteiger partial charge in [-0.15, -0.1) is 0 Å². The van der Waals surface area contributed by atoms with Crippen molar-refractivity contribution in [3.05, 3.63) is 63.2 Å². The summed E-state index contributed by atoms with van der Waals surface area (Å²) < 4.78 is 22.5. The summed E-state index contributed by atoms with van der Waals surface area (Å²) in [5, 5.41) is 0.956. The third kappa shape index (κ3) is 5.52. The molecule has 206 valence electrons. The van der Waals surface area contributed by atoms with Gasteiger partial charge in [0.2, 0.25) is 0 Å². The minimum Gasteiger partial charge on any atom is -0.496 e. The van der Waals surface area contributed by atoms with E-state index in [1.807, 2.05) is 52.8 Å². The Bertz CT molecular complexity index is 1410. The van der Waals surface area contributed by atoms with Crippen LogP contribution < -0.4 is 10.3 Å². The van der Waals surface area contributed by atoms with Gasteiger partial charge in [-0.25, -0.2) is 8.51 Å². The van der Waals surface area contributed by atoms with E-state index >= 15 is 0 Å². The third-order valence-corrected chi connectivity index (χ3v) is 9.72. The van der Waals surface area contributed by atoms with E-state index < -0.39 is 11.0 Å². The SMILES string of the molecule is COc1cc(C)[nH]c(=O)c1CCC(=O)c1c(C)n([C@H](C)C2CCN(S(=O)C(C)(C)C)CC2)c2ccccc12. The summed E-state index contributed by atoms with van der Waals surface area (Å²) in [6.07, 6.45) is 2.47. The average Bonchev–Trinajstić information content (AvgIpc) is 3.17. The molecule has 1 fully saturated rings. The Balaban J connectivity index is 1.58. The smallest absolute Gasteiger partial charge is 0.255 e. The van der Waals surface area contributed by atoms with Crippen LogP contribution in [0.2, 0.25) is 0 Å². The normalized spacial score (nSPS) is 17.0. The first-order valence-electron chi connectivity index (χ1n) is 13.5. The summed E-state index contributed by atoms with van der Waals surface area (Å²) in [7, 11) is 0.545. The minimum absolute atomic E-state index is 0.0297. The summed E-state index contributed by atoms with van der Waals surface area (Å²) >= 11 is 0. The Morgan fingerprint density at radius 2 is 1.84 bits per heavy atom. The van der Waals surface area contributed by atoms with Gasteiger partial charge in [0.25, 0.3) is 5.56 Å². The van der Waals surface area contributed by atoms with Crippen LogP contribution in [0.1, 0.15) is 80.3 Å². The number of piperidine rings is 1. The van der Waals surface area contributed by atoms with Gasteiger partial charge in [-0.3, -0.25) is 9.59 Å². The van der Waals surface area contributed by atoms with Crippen molar-refractivity contribution in [3.8, 4) is 5.75 Å². The first-order chi connectivity index (χ1) is 17.9. The summed E-state index contributed by atoms with van der Waals surface area (Å²) in [5.74, 6) is 0.976. The van der Waals surface area contributed by atoms with Crippen LogP contribution in [0.25, 0.3) is 10.9 Å². The number of rotatable bonds is 8. The monoisotopic (exact) mass is 539 g/mol. The quantitative estimate of drug-likeness (QED) is 0.383. The average molecular weight is 540 g/mol. The number of carbonyl (C=O) groups is 1. The second kappa shape index (κ2) is 11.2. The molecule has 4 rings (SSSR count). The number of methoxy groups -OCH3 is 1. The number of aromatic amines is 1. The number of fused-ring (bicyclic) bond motifs is 1. The molecule has 38 heavy (non-hydrogen) atoms. The first-order valence-corrected chi connectivity index (χ1v) is 14.6. The van der Waals surface area contributed by atoms with Gasteiger partial charge in [-0.05, 0) is 78.9 Å². The number of ether oxygens (including phenoxy) is 1. The lowest BCUT2D eigenvalue weighted by molar-refractivity contribution is 0.0983. The number of aromatic nitrogens is 2. The van der Waals surface area contributed by atoms with E-state index in [9.17, 15) is 13.8 Å². The van der Waals surface area contributed by atoms with E-state index in [-0.39, 0.29) is 28.6 Å². The van der Waals surface area contributed by atoms with Crippen molar-refractivity contribution in [1.29, 1.82) is 0 Å². The zero-order valence-electron chi connectivity index (χ0n) is 23.7. The van der Waals surface area contributed by atoms with E-state index in [2.05, 4.69) is 26.8 Å². The number of para-hydroxylation sites is 1. The highest BCUT2D eigenvalue weighted by atomic mass is 32.2. The lowest BCUT2D eigenvalue weighted by Gasteiger charge is -2.37. The molecule has 0 bridgehead atoms. The van der Waals surface area contributed by atoms with Crippen LogP contribution in [0.3, 0.4) is 0 Å². The molecule has 8 heteroatoms. The molecule has 7 nitrogen and oxygen atoms in total. The van der Waals surface area contributed by atoms with Crippen molar-refractivity contribution in [2.45, 2.75) is 78.0 Å². The Hall–Kier alpha value is -2.71. The van der Waals surface area contributed by atoms with E-state index in [1.54, 1.807) is 13.2 Å². The number of ketones is 1. The molecule has 1 unspecified atom stereocenters. The Labute approximate surface area is 228 Å². The lowest BCUT2D eigenvalue weighted by Crippen LogP contribution is -2.43. The summed E-state index contributed by atoms with van der Waals surface area (Å²) in [6, 6.07) is 10.1. The number of nitrogens with one attached hydrogen (secondary N) is 1. The molecule has 3 aromatic rings. The predicted octanol–water partition coefficient (Wildman–Crippen LogP) is 5.51. The number of benzene rings is 1. The van der Waals surface area contributed by atoms with Gasteiger partial charge in [0.1, 0.15) is 5.75 Å². The molecular formula is C30H41N3O4S. The second-order valence-electron chi connectivity index (χ2n) is 11.5. The van der Waals surface area contributed by atoms with Crippen LogP contribution in [0.4, 0.5) is 0 Å². The molecule has 0 amide bonds. The fraction of sp³-hybridized carbons (Fsp3) is 0.533. The molecule has 1 N–H and O–H groups in total. The van der Waals surface area contributed by atoms with Crippen LogP contribution in [0.15, 0.2) is 35.1 Å². The fourth-order valence-electron chi connectivity index (χ4n) is 5.86. The summed E-state index contributed by atoms with van der Waals surface area (Å²) in [5.41, 5.74) is 3.79. The molecule has 1 aromatic carbocycles. The molecule has 0 radical (unpaired) electrons. The van der Waals surface area contributed by atoms with Gasteiger partial charge < -0.3 is 14.3 Å². The summed E-state index contributed by atoms with van der Waals surface area (Å²) in [4.78, 5) is 29.0. The van der Waals surface area contributed by atoms with Gasteiger partial charge in [0.15, 0.2) is 5.78 Å². The van der Waals surface area contributed by atoms with Crippen molar-refractivity contribution in [2.24, 2.45) is 5.92 Å². The third-order valence-electron chi connectivity index (χ3n) is 7.83. The van der Waals surface area contributed by atoms with E-state index in [0.717, 1.165) is 53.8 Å². The van der Waals surface area contributed by atoms with Gasteiger partial charge in [0, 0.05) is 53.4 Å². The number of aryl methyl sites for hydroxylation is 1. The molecule has 2 aromatic heterocycles. The maximum absolute atomic E-state index is 13.6. The number of hydrogen-bond acceptors (Lipinski definition) is 4. The van der Waals surface area contributed by atoms with Crippen LogP contribution in [0, 0.1) is 19.8 Å². The van der Waals surface area contributed by atoms with Crippen LogP contribution in [0.5, 0.6) is 5.75 Å². The number of hydrogen-bond donors (Lipinski definition) is 1. The molecule has 3 heterocycles. The van der Waals surface area contributed by atoms with E-state index in [1.165, 1.54) is 0 Å². The Morgan fingerprint density at radius 3 is 2.47 bits per heavy atom. The topological polar surface area (TPSA) is 84.4 Å². The minimum atomic E-state index is -1.00. The number of Topliss-reactive ketones (excluding diaryl/α,β-unsaturated/α-hetero) is 1. The number of carbonyl (C=O) groups excluding carboxylic acids is 1. The van der Waals surface area contributed by atoms with Crippen molar-refractivity contribution in [3.63, 3.8) is 0 Å². The number of pyridine rings is 1. The van der Waals surface area contributed by atoms with Gasteiger partial charge in [-0.2, -0.15) is 0 Å². The molecule has 0 saturated carbocycles. The molecule has 0 aliphatic carbocycles. The molecule has 1 saturated heterocycles. The zero-order valence-corrected chi connectivity index (χ0v) is 24.5. The fourth-order valence-corrected chi connectivity index (χ4v) is 7.18. The van der Waals surface area contributed by atoms with Gasteiger partial charge in [-0.1, -0.05) is 18.2 Å². The highest BCUT2D eigenvalue weighted by Crippen LogP contribution is 2.37.